The number of nitrogens with one attached hydrogen (secondary N) is 1. The van der Waals surface area contributed by atoms with Crippen LogP contribution in [0, 0.1) is 0 Å². The highest BCUT2D eigenvalue weighted by Gasteiger charge is 2.26. The predicted octanol–water partition coefficient (Wildman–Crippen LogP) is 2.39. The molecule has 1 saturated carbocycles. The van der Waals surface area contributed by atoms with Gasteiger partial charge in [0.15, 0.2) is 0 Å². The van der Waals surface area contributed by atoms with Crippen LogP contribution in [0.1, 0.15) is 52.4 Å². The van der Waals surface area contributed by atoms with Crippen molar-refractivity contribution in [1.29, 1.82) is 0 Å². The van der Waals surface area contributed by atoms with Crippen molar-refractivity contribution in [3.63, 3.8) is 0 Å². The lowest BCUT2D eigenvalue weighted by Crippen LogP contribution is -2.41. The van der Waals surface area contributed by atoms with Gasteiger partial charge in [0.1, 0.15) is 0 Å². The van der Waals surface area contributed by atoms with Crippen LogP contribution in [0.25, 0.3) is 0 Å². The predicted molar refractivity (Wildman–Crippen MR) is 65.1 cm³/mol. The molecule has 1 unspecified atom stereocenters. The number of rotatable bonds is 3. The molecule has 1 aliphatic carbocycles. The zero-order valence-corrected chi connectivity index (χ0v) is 10.3. The van der Waals surface area contributed by atoms with Gasteiger partial charge in [0.2, 0.25) is 0 Å². The molecular weight excluding hydrogens is 184 g/mol. The summed E-state index contributed by atoms with van der Waals surface area (Å²) in [6, 6.07) is 2.33. The van der Waals surface area contributed by atoms with Crippen molar-refractivity contribution in [2.45, 2.75) is 70.5 Å². The van der Waals surface area contributed by atoms with Crippen LogP contribution in [0.3, 0.4) is 0 Å². The zero-order chi connectivity index (χ0) is 10.7. The van der Waals surface area contributed by atoms with Crippen LogP contribution < -0.4 is 5.32 Å². The average Bonchev–Trinajstić information content (AvgIpc) is 2.68. The quantitative estimate of drug-likeness (QED) is 0.769. The smallest absolute Gasteiger partial charge is 0.0209 e. The molecule has 1 saturated heterocycles. The lowest BCUT2D eigenvalue weighted by Gasteiger charge is -2.27. The van der Waals surface area contributed by atoms with Gasteiger partial charge in [0.05, 0.1) is 0 Å². The molecule has 1 heterocycles. The Hall–Kier alpha value is -0.0800. The van der Waals surface area contributed by atoms with Gasteiger partial charge in [-0.2, -0.15) is 0 Å². The van der Waals surface area contributed by atoms with E-state index < -0.39 is 0 Å². The van der Waals surface area contributed by atoms with Crippen LogP contribution in [0.2, 0.25) is 0 Å². The van der Waals surface area contributed by atoms with Crippen molar-refractivity contribution in [2.75, 3.05) is 13.1 Å². The Morgan fingerprint density at radius 2 is 1.73 bits per heavy atom. The molecule has 0 aromatic rings. The van der Waals surface area contributed by atoms with Crippen LogP contribution in [0.4, 0.5) is 0 Å². The summed E-state index contributed by atoms with van der Waals surface area (Å²) >= 11 is 0. The summed E-state index contributed by atoms with van der Waals surface area (Å²) in [6.07, 6.45) is 8.53. The Morgan fingerprint density at radius 1 is 1.00 bits per heavy atom. The molecule has 0 aromatic carbocycles. The molecule has 1 aliphatic heterocycles. The third-order valence-corrected chi connectivity index (χ3v) is 4.03. The maximum Gasteiger partial charge on any atom is 0.0209 e. The fourth-order valence-electron chi connectivity index (χ4n) is 2.99. The van der Waals surface area contributed by atoms with Crippen LogP contribution in [-0.4, -0.2) is 36.1 Å². The number of hydrogen-bond donors (Lipinski definition) is 1. The molecule has 2 nitrogen and oxygen atoms in total. The van der Waals surface area contributed by atoms with Crippen molar-refractivity contribution in [2.24, 2.45) is 0 Å². The van der Waals surface area contributed by atoms with Crippen molar-refractivity contribution in [1.82, 2.24) is 10.2 Å². The summed E-state index contributed by atoms with van der Waals surface area (Å²) in [7, 11) is 0. The molecule has 2 aliphatic rings. The minimum Gasteiger partial charge on any atom is -0.310 e. The molecule has 2 heteroatoms. The van der Waals surface area contributed by atoms with Gasteiger partial charge in [-0.05, 0) is 39.7 Å². The third kappa shape index (κ3) is 3.18. The third-order valence-electron chi connectivity index (χ3n) is 4.03. The van der Waals surface area contributed by atoms with Crippen LogP contribution >= 0.6 is 0 Å². The van der Waals surface area contributed by atoms with Gasteiger partial charge in [-0.1, -0.05) is 19.3 Å². The molecule has 2 fully saturated rings. The second-order valence-electron chi connectivity index (χ2n) is 5.58. The minimum absolute atomic E-state index is 0.725. The first-order chi connectivity index (χ1) is 7.25. The first kappa shape index (κ1) is 11.4. The molecule has 2 rings (SSSR count). The van der Waals surface area contributed by atoms with Gasteiger partial charge in [-0.3, -0.25) is 4.90 Å². The molecule has 88 valence electrons. The van der Waals surface area contributed by atoms with Gasteiger partial charge >= 0.3 is 0 Å². The van der Waals surface area contributed by atoms with Gasteiger partial charge < -0.3 is 5.32 Å². The van der Waals surface area contributed by atoms with Crippen molar-refractivity contribution in [3.05, 3.63) is 0 Å². The molecule has 0 aromatic heterocycles. The van der Waals surface area contributed by atoms with Crippen molar-refractivity contribution >= 4 is 0 Å². The topological polar surface area (TPSA) is 15.3 Å². The Labute approximate surface area is 94.4 Å². The van der Waals surface area contributed by atoms with E-state index in [9.17, 15) is 0 Å². The molecule has 15 heavy (non-hydrogen) atoms. The normalized spacial score (nSPS) is 30.2. The first-order valence-electron chi connectivity index (χ1n) is 6.76. The van der Waals surface area contributed by atoms with Gasteiger partial charge in [0.25, 0.3) is 0 Å². The first-order valence-corrected chi connectivity index (χ1v) is 6.76. The summed E-state index contributed by atoms with van der Waals surface area (Å²) in [5.41, 5.74) is 0. The van der Waals surface area contributed by atoms with E-state index in [1.54, 1.807) is 0 Å². The Balaban J connectivity index is 1.71. The van der Waals surface area contributed by atoms with Gasteiger partial charge in [-0.15, -0.1) is 0 Å². The molecule has 1 N–H and O–H groups in total. The highest BCUT2D eigenvalue weighted by Crippen LogP contribution is 2.20. The largest absolute Gasteiger partial charge is 0.310 e. The zero-order valence-electron chi connectivity index (χ0n) is 10.3. The molecule has 0 bridgehead atoms. The summed E-state index contributed by atoms with van der Waals surface area (Å²) in [4.78, 5) is 2.60. The second-order valence-corrected chi connectivity index (χ2v) is 5.58. The van der Waals surface area contributed by atoms with Crippen LogP contribution in [0.5, 0.6) is 0 Å². The lowest BCUT2D eigenvalue weighted by molar-refractivity contribution is 0.260. The maximum absolute atomic E-state index is 3.86. The van der Waals surface area contributed by atoms with Gasteiger partial charge in [0, 0.05) is 24.7 Å². The van der Waals surface area contributed by atoms with E-state index in [2.05, 4.69) is 24.1 Å². The average molecular weight is 210 g/mol. The fourth-order valence-corrected chi connectivity index (χ4v) is 2.99. The van der Waals surface area contributed by atoms with E-state index in [-0.39, 0.29) is 0 Å². The van der Waals surface area contributed by atoms with E-state index in [4.69, 9.17) is 0 Å². The number of hydrogen-bond acceptors (Lipinski definition) is 2. The lowest BCUT2D eigenvalue weighted by atomic mass is 9.95. The highest BCUT2D eigenvalue weighted by atomic mass is 15.2. The summed E-state index contributed by atoms with van der Waals surface area (Å²) < 4.78 is 0. The Morgan fingerprint density at radius 3 is 2.33 bits per heavy atom. The summed E-state index contributed by atoms with van der Waals surface area (Å²) in [5.74, 6) is 0. The highest BCUT2D eigenvalue weighted by molar-refractivity contribution is 4.86. The van der Waals surface area contributed by atoms with E-state index in [1.807, 2.05) is 0 Å². The number of likely N-dealkylation sites (tertiary alicyclic amines) is 1. The monoisotopic (exact) mass is 210 g/mol. The standard InChI is InChI=1S/C13H26N2/c1-11(2)15-9-8-13(10-15)14-12-6-4-3-5-7-12/h11-14H,3-10H2,1-2H3. The van der Waals surface area contributed by atoms with Gasteiger partial charge in [-0.25, -0.2) is 0 Å². The summed E-state index contributed by atoms with van der Waals surface area (Å²) in [5, 5.41) is 3.86. The van der Waals surface area contributed by atoms with Crippen LogP contribution in [0.15, 0.2) is 0 Å². The molecule has 0 spiro atoms. The molecule has 0 radical (unpaired) electrons. The van der Waals surface area contributed by atoms with E-state index in [1.165, 1.54) is 51.6 Å². The van der Waals surface area contributed by atoms with E-state index in [0.29, 0.717) is 0 Å². The molecule has 0 amide bonds. The van der Waals surface area contributed by atoms with Crippen molar-refractivity contribution < 1.29 is 0 Å². The number of nitrogens with zero attached hydrogens (tertiary/aromatic N) is 1. The maximum atomic E-state index is 3.86. The fraction of sp³-hybridized carbons (Fsp3) is 1.00. The minimum atomic E-state index is 0.725. The SMILES string of the molecule is CC(C)N1CCC(NC2CCCCC2)C1. The Kier molecular flexibility index (Phi) is 4.04. The molecule has 1 atom stereocenters. The van der Waals surface area contributed by atoms with E-state index >= 15 is 0 Å². The van der Waals surface area contributed by atoms with Crippen LogP contribution in [-0.2, 0) is 0 Å². The second kappa shape index (κ2) is 5.31. The molecular formula is C13H26N2. The van der Waals surface area contributed by atoms with Crippen molar-refractivity contribution in [3.8, 4) is 0 Å². The summed E-state index contributed by atoms with van der Waals surface area (Å²) in [6.45, 7) is 7.18. The van der Waals surface area contributed by atoms with E-state index in [0.717, 1.165) is 18.1 Å². The Bertz CT molecular complexity index is 185.